The zero-order valence-corrected chi connectivity index (χ0v) is 12.3. The third-order valence-corrected chi connectivity index (χ3v) is 4.04. The maximum atomic E-state index is 5.57. The molecule has 0 bridgehead atoms. The normalized spacial score (nSPS) is 24.8. The molecular formula is C15H26N2O2. The third kappa shape index (κ3) is 3.81. The van der Waals surface area contributed by atoms with Gasteiger partial charge in [-0.15, -0.1) is 0 Å². The highest BCUT2D eigenvalue weighted by Crippen LogP contribution is 2.22. The van der Waals surface area contributed by atoms with E-state index in [0.29, 0.717) is 12.0 Å². The molecule has 0 aromatic carbocycles. The summed E-state index contributed by atoms with van der Waals surface area (Å²) in [4.78, 5) is 2.47. The molecule has 1 aromatic heterocycles. The molecule has 2 atom stereocenters. The number of nitrogens with one attached hydrogen (secondary N) is 1. The SMILES string of the molecule is CCNCc1occc1CN1CCC(C)C(OC)C1. The summed E-state index contributed by atoms with van der Waals surface area (Å²) in [6.45, 7) is 9.29. The quantitative estimate of drug-likeness (QED) is 0.857. The fourth-order valence-electron chi connectivity index (χ4n) is 2.69. The molecule has 1 aliphatic rings. The first kappa shape index (κ1) is 14.6. The number of piperidine rings is 1. The van der Waals surface area contributed by atoms with Gasteiger partial charge >= 0.3 is 0 Å². The van der Waals surface area contributed by atoms with Crippen LogP contribution in [0.1, 0.15) is 31.6 Å². The molecule has 1 N–H and O–H groups in total. The minimum atomic E-state index is 0.359. The minimum Gasteiger partial charge on any atom is -0.468 e. The Kier molecular flexibility index (Phi) is 5.43. The van der Waals surface area contributed by atoms with Crippen LogP contribution in [0.2, 0.25) is 0 Å². The van der Waals surface area contributed by atoms with Gasteiger partial charge < -0.3 is 14.5 Å². The smallest absolute Gasteiger partial charge is 0.122 e. The summed E-state index contributed by atoms with van der Waals surface area (Å²) in [5.74, 6) is 1.72. The molecule has 2 rings (SSSR count). The summed E-state index contributed by atoms with van der Waals surface area (Å²) < 4.78 is 11.1. The molecule has 0 spiro atoms. The Morgan fingerprint density at radius 3 is 3.11 bits per heavy atom. The predicted octanol–water partition coefficient (Wildman–Crippen LogP) is 2.25. The van der Waals surface area contributed by atoms with Gasteiger partial charge in [-0.05, 0) is 31.5 Å². The van der Waals surface area contributed by atoms with Crippen molar-refractivity contribution >= 4 is 0 Å². The summed E-state index contributed by atoms with van der Waals surface area (Å²) in [7, 11) is 1.82. The van der Waals surface area contributed by atoms with Crippen molar-refractivity contribution in [1.82, 2.24) is 10.2 Å². The van der Waals surface area contributed by atoms with E-state index >= 15 is 0 Å². The van der Waals surface area contributed by atoms with Gasteiger partial charge in [-0.2, -0.15) is 0 Å². The molecule has 0 radical (unpaired) electrons. The number of hydrogen-bond acceptors (Lipinski definition) is 4. The Balaban J connectivity index is 1.92. The van der Waals surface area contributed by atoms with E-state index in [1.807, 2.05) is 7.11 Å². The second-order valence-electron chi connectivity index (χ2n) is 5.42. The van der Waals surface area contributed by atoms with Gasteiger partial charge in [0.25, 0.3) is 0 Å². The van der Waals surface area contributed by atoms with E-state index in [9.17, 15) is 0 Å². The topological polar surface area (TPSA) is 37.6 Å². The first-order valence-corrected chi connectivity index (χ1v) is 7.25. The molecular weight excluding hydrogens is 240 g/mol. The summed E-state index contributed by atoms with van der Waals surface area (Å²) in [5.41, 5.74) is 1.30. The summed E-state index contributed by atoms with van der Waals surface area (Å²) in [6.07, 6.45) is 3.36. The Morgan fingerprint density at radius 2 is 2.37 bits per heavy atom. The lowest BCUT2D eigenvalue weighted by Crippen LogP contribution is -2.43. The minimum absolute atomic E-state index is 0.359. The first-order valence-electron chi connectivity index (χ1n) is 7.25. The van der Waals surface area contributed by atoms with E-state index in [0.717, 1.165) is 38.5 Å². The lowest BCUT2D eigenvalue weighted by atomic mass is 9.95. The standard InChI is InChI=1S/C15H26N2O2/c1-4-16-9-14-13(6-8-19-14)10-17-7-5-12(2)15(11-17)18-3/h6,8,12,15-16H,4-5,7,9-11H2,1-3H3. The fourth-order valence-corrected chi connectivity index (χ4v) is 2.69. The van der Waals surface area contributed by atoms with Crippen LogP contribution in [0.15, 0.2) is 16.7 Å². The summed E-state index contributed by atoms with van der Waals surface area (Å²) in [5, 5.41) is 3.32. The molecule has 19 heavy (non-hydrogen) atoms. The largest absolute Gasteiger partial charge is 0.468 e. The van der Waals surface area contributed by atoms with Crippen LogP contribution in [0.5, 0.6) is 0 Å². The Labute approximate surface area is 116 Å². The molecule has 4 heteroatoms. The number of furan rings is 1. The average Bonchev–Trinajstić information content (AvgIpc) is 2.86. The number of likely N-dealkylation sites (tertiary alicyclic amines) is 1. The van der Waals surface area contributed by atoms with Gasteiger partial charge in [0.2, 0.25) is 0 Å². The van der Waals surface area contributed by atoms with E-state index < -0.39 is 0 Å². The van der Waals surface area contributed by atoms with Crippen molar-refractivity contribution < 1.29 is 9.15 Å². The van der Waals surface area contributed by atoms with Crippen molar-refractivity contribution in [2.24, 2.45) is 5.92 Å². The van der Waals surface area contributed by atoms with E-state index in [1.165, 1.54) is 12.0 Å². The highest BCUT2D eigenvalue weighted by atomic mass is 16.5. The molecule has 2 heterocycles. The van der Waals surface area contributed by atoms with Crippen molar-refractivity contribution in [1.29, 1.82) is 0 Å². The third-order valence-electron chi connectivity index (χ3n) is 4.04. The summed E-state index contributed by atoms with van der Waals surface area (Å²) >= 11 is 0. The molecule has 1 fully saturated rings. The number of nitrogens with zero attached hydrogens (tertiary/aromatic N) is 1. The fraction of sp³-hybridized carbons (Fsp3) is 0.733. The van der Waals surface area contributed by atoms with E-state index in [4.69, 9.17) is 9.15 Å². The predicted molar refractivity (Wildman–Crippen MR) is 75.9 cm³/mol. The zero-order chi connectivity index (χ0) is 13.7. The van der Waals surface area contributed by atoms with E-state index in [1.54, 1.807) is 6.26 Å². The molecule has 1 saturated heterocycles. The molecule has 0 saturated carbocycles. The molecule has 1 aromatic rings. The number of methoxy groups -OCH3 is 1. The van der Waals surface area contributed by atoms with Gasteiger partial charge in [-0.1, -0.05) is 13.8 Å². The van der Waals surface area contributed by atoms with Crippen molar-refractivity contribution in [3.8, 4) is 0 Å². The van der Waals surface area contributed by atoms with Crippen LogP contribution >= 0.6 is 0 Å². The Hall–Kier alpha value is -0.840. The maximum absolute atomic E-state index is 5.57. The van der Waals surface area contributed by atoms with Crippen LogP contribution in [0.25, 0.3) is 0 Å². The van der Waals surface area contributed by atoms with Gasteiger partial charge in [0.15, 0.2) is 0 Å². The molecule has 2 unspecified atom stereocenters. The van der Waals surface area contributed by atoms with Crippen LogP contribution in [-0.4, -0.2) is 37.7 Å². The molecule has 1 aliphatic heterocycles. The Bertz CT molecular complexity index is 378. The molecule has 108 valence electrons. The Morgan fingerprint density at radius 1 is 1.53 bits per heavy atom. The number of rotatable bonds is 6. The average molecular weight is 266 g/mol. The van der Waals surface area contributed by atoms with E-state index in [-0.39, 0.29) is 0 Å². The lowest BCUT2D eigenvalue weighted by molar-refractivity contribution is -0.00759. The highest BCUT2D eigenvalue weighted by Gasteiger charge is 2.26. The van der Waals surface area contributed by atoms with Crippen LogP contribution in [0, 0.1) is 5.92 Å². The van der Waals surface area contributed by atoms with Gasteiger partial charge in [-0.3, -0.25) is 4.90 Å². The first-order chi connectivity index (χ1) is 9.24. The van der Waals surface area contributed by atoms with Crippen molar-refractivity contribution in [2.45, 2.75) is 39.5 Å². The van der Waals surface area contributed by atoms with Crippen LogP contribution in [-0.2, 0) is 17.8 Å². The van der Waals surface area contributed by atoms with Crippen molar-refractivity contribution in [3.05, 3.63) is 23.7 Å². The van der Waals surface area contributed by atoms with E-state index in [2.05, 4.69) is 30.1 Å². The van der Waals surface area contributed by atoms with Gasteiger partial charge in [-0.25, -0.2) is 0 Å². The molecule has 4 nitrogen and oxygen atoms in total. The van der Waals surface area contributed by atoms with Gasteiger partial charge in [0.1, 0.15) is 5.76 Å². The molecule has 0 aliphatic carbocycles. The van der Waals surface area contributed by atoms with Crippen molar-refractivity contribution in [3.63, 3.8) is 0 Å². The monoisotopic (exact) mass is 266 g/mol. The second kappa shape index (κ2) is 7.08. The summed E-state index contributed by atoms with van der Waals surface area (Å²) in [6, 6.07) is 2.09. The van der Waals surface area contributed by atoms with Gasteiger partial charge in [0, 0.05) is 25.8 Å². The van der Waals surface area contributed by atoms with Crippen LogP contribution in [0.4, 0.5) is 0 Å². The lowest BCUT2D eigenvalue weighted by Gasteiger charge is -2.36. The number of ether oxygens (including phenoxy) is 1. The van der Waals surface area contributed by atoms with Crippen LogP contribution in [0.3, 0.4) is 0 Å². The zero-order valence-electron chi connectivity index (χ0n) is 12.3. The van der Waals surface area contributed by atoms with Gasteiger partial charge in [0.05, 0.1) is 18.9 Å². The second-order valence-corrected chi connectivity index (χ2v) is 5.42. The number of hydrogen-bond donors (Lipinski definition) is 1. The highest BCUT2D eigenvalue weighted by molar-refractivity contribution is 5.17. The van der Waals surface area contributed by atoms with Crippen LogP contribution < -0.4 is 5.32 Å². The maximum Gasteiger partial charge on any atom is 0.122 e. The molecule has 0 amide bonds. The van der Waals surface area contributed by atoms with Crippen molar-refractivity contribution in [2.75, 3.05) is 26.7 Å².